The first-order chi connectivity index (χ1) is 10.0. The third kappa shape index (κ3) is 2.67. The maximum absolute atomic E-state index is 12.5. The summed E-state index contributed by atoms with van der Waals surface area (Å²) >= 11 is 1.30. The number of carbonyl (C=O) groups excluding carboxylic acids is 1. The second kappa shape index (κ2) is 5.30. The van der Waals surface area contributed by atoms with Crippen LogP contribution in [0.4, 0.5) is 0 Å². The lowest BCUT2D eigenvalue weighted by Crippen LogP contribution is -2.00. The van der Waals surface area contributed by atoms with Gasteiger partial charge >= 0.3 is 0 Å². The van der Waals surface area contributed by atoms with E-state index in [1.165, 1.54) is 16.9 Å². The summed E-state index contributed by atoms with van der Waals surface area (Å²) < 4.78 is 0.817. The van der Waals surface area contributed by atoms with Crippen LogP contribution in [0.25, 0.3) is 10.2 Å². The van der Waals surface area contributed by atoms with Gasteiger partial charge in [0.1, 0.15) is 5.75 Å². The first-order valence-electron chi connectivity index (χ1n) is 6.79. The summed E-state index contributed by atoms with van der Waals surface area (Å²) in [6.07, 6.45) is 0. The number of hydrogen-bond donors (Lipinski definition) is 1. The summed E-state index contributed by atoms with van der Waals surface area (Å²) in [5, 5.41) is 9.92. The Kier molecular flexibility index (Phi) is 3.47. The van der Waals surface area contributed by atoms with E-state index in [1.54, 1.807) is 18.2 Å². The summed E-state index contributed by atoms with van der Waals surface area (Å²) in [5.74, 6) is 0.553. The van der Waals surface area contributed by atoms with Crippen LogP contribution in [0.5, 0.6) is 5.75 Å². The zero-order valence-electron chi connectivity index (χ0n) is 11.8. The zero-order valence-corrected chi connectivity index (χ0v) is 12.6. The van der Waals surface area contributed by atoms with Crippen molar-refractivity contribution in [1.29, 1.82) is 0 Å². The fourth-order valence-electron chi connectivity index (χ4n) is 2.15. The predicted molar refractivity (Wildman–Crippen MR) is 85.2 cm³/mol. The van der Waals surface area contributed by atoms with E-state index in [2.05, 4.69) is 18.8 Å². The highest BCUT2D eigenvalue weighted by atomic mass is 32.1. The number of ketones is 1. The molecule has 1 aromatic heterocycles. The maximum Gasteiger partial charge on any atom is 0.221 e. The van der Waals surface area contributed by atoms with E-state index in [0.717, 1.165) is 10.2 Å². The van der Waals surface area contributed by atoms with Crippen LogP contribution >= 0.6 is 11.3 Å². The number of thiazole rings is 1. The number of carbonyl (C=O) groups is 1. The standard InChI is InChI=1S/C17H15NO2S/c1-10(2)11-3-5-12(6-4-11)16(20)17-18-14-8-7-13(19)9-15(14)21-17/h3-10,19H,1-2H3. The molecule has 1 N–H and O–H groups in total. The number of aromatic hydroxyl groups is 1. The van der Waals surface area contributed by atoms with Crippen LogP contribution < -0.4 is 0 Å². The third-order valence-corrected chi connectivity index (χ3v) is 4.42. The molecule has 0 aliphatic carbocycles. The number of phenolic OH excluding ortho intramolecular Hbond substituents is 1. The van der Waals surface area contributed by atoms with Gasteiger partial charge in [-0.2, -0.15) is 0 Å². The third-order valence-electron chi connectivity index (χ3n) is 3.41. The topological polar surface area (TPSA) is 50.2 Å². The number of rotatable bonds is 3. The number of hydrogen-bond acceptors (Lipinski definition) is 4. The lowest BCUT2D eigenvalue weighted by molar-refractivity contribution is 0.103. The van der Waals surface area contributed by atoms with Gasteiger partial charge in [-0.25, -0.2) is 4.98 Å². The van der Waals surface area contributed by atoms with Gasteiger partial charge in [-0.15, -0.1) is 11.3 Å². The smallest absolute Gasteiger partial charge is 0.221 e. The molecule has 0 aliphatic heterocycles. The minimum atomic E-state index is -0.0778. The first-order valence-corrected chi connectivity index (χ1v) is 7.60. The fourth-order valence-corrected chi connectivity index (χ4v) is 3.11. The van der Waals surface area contributed by atoms with Gasteiger partial charge in [0.05, 0.1) is 10.2 Å². The first kappa shape index (κ1) is 13.8. The minimum absolute atomic E-state index is 0.0778. The van der Waals surface area contributed by atoms with Crippen molar-refractivity contribution in [3.05, 3.63) is 58.6 Å². The number of benzene rings is 2. The number of phenols is 1. The van der Waals surface area contributed by atoms with E-state index < -0.39 is 0 Å². The zero-order chi connectivity index (χ0) is 15.0. The Hall–Kier alpha value is -2.20. The van der Waals surface area contributed by atoms with E-state index in [9.17, 15) is 9.90 Å². The highest BCUT2D eigenvalue weighted by molar-refractivity contribution is 7.20. The number of fused-ring (bicyclic) bond motifs is 1. The van der Waals surface area contributed by atoms with Gasteiger partial charge in [0.2, 0.25) is 5.78 Å². The monoisotopic (exact) mass is 297 g/mol. The molecule has 3 aromatic rings. The average molecular weight is 297 g/mol. The number of aromatic nitrogens is 1. The van der Waals surface area contributed by atoms with Crippen LogP contribution in [0, 0.1) is 0 Å². The second-order valence-electron chi connectivity index (χ2n) is 5.28. The molecule has 2 aromatic carbocycles. The van der Waals surface area contributed by atoms with Gasteiger partial charge in [0.25, 0.3) is 0 Å². The summed E-state index contributed by atoms with van der Waals surface area (Å²) in [6, 6.07) is 12.6. The molecule has 0 spiro atoms. The van der Waals surface area contributed by atoms with Crippen LogP contribution in [0.3, 0.4) is 0 Å². The van der Waals surface area contributed by atoms with Gasteiger partial charge in [-0.05, 0) is 29.7 Å². The molecule has 3 rings (SSSR count). The molecule has 0 saturated heterocycles. The van der Waals surface area contributed by atoms with Crippen molar-refractivity contribution in [2.75, 3.05) is 0 Å². The van der Waals surface area contributed by atoms with Crippen LogP contribution in [0.2, 0.25) is 0 Å². The van der Waals surface area contributed by atoms with E-state index in [1.807, 2.05) is 24.3 Å². The minimum Gasteiger partial charge on any atom is -0.508 e. The molecule has 0 unspecified atom stereocenters. The highest BCUT2D eigenvalue weighted by Crippen LogP contribution is 2.27. The molecule has 3 nitrogen and oxygen atoms in total. The van der Waals surface area contributed by atoms with Crippen molar-refractivity contribution in [3.8, 4) is 5.75 Å². The van der Waals surface area contributed by atoms with Crippen molar-refractivity contribution in [2.24, 2.45) is 0 Å². The normalized spacial score (nSPS) is 11.2. The van der Waals surface area contributed by atoms with E-state index in [4.69, 9.17) is 0 Å². The molecule has 0 bridgehead atoms. The predicted octanol–water partition coefficient (Wildman–Crippen LogP) is 4.36. The summed E-state index contributed by atoms with van der Waals surface area (Å²) in [4.78, 5) is 16.8. The van der Waals surface area contributed by atoms with Crippen LogP contribution in [-0.2, 0) is 0 Å². The molecule has 1 heterocycles. The van der Waals surface area contributed by atoms with Crippen LogP contribution in [-0.4, -0.2) is 15.9 Å². The Morgan fingerprint density at radius 2 is 1.86 bits per heavy atom. The Labute approximate surface area is 126 Å². The summed E-state index contributed by atoms with van der Waals surface area (Å²) in [6.45, 7) is 4.24. The molecule has 0 amide bonds. The van der Waals surface area contributed by atoms with Gasteiger partial charge in [-0.3, -0.25) is 4.79 Å². The molecule has 0 aliphatic rings. The van der Waals surface area contributed by atoms with Gasteiger partial charge in [0.15, 0.2) is 5.01 Å². The Morgan fingerprint density at radius 1 is 1.14 bits per heavy atom. The van der Waals surface area contributed by atoms with Gasteiger partial charge in [-0.1, -0.05) is 38.1 Å². The van der Waals surface area contributed by atoms with E-state index >= 15 is 0 Å². The van der Waals surface area contributed by atoms with Gasteiger partial charge < -0.3 is 5.11 Å². The van der Waals surface area contributed by atoms with Crippen molar-refractivity contribution < 1.29 is 9.90 Å². The molecule has 0 saturated carbocycles. The maximum atomic E-state index is 12.5. The Morgan fingerprint density at radius 3 is 2.52 bits per heavy atom. The summed E-state index contributed by atoms with van der Waals surface area (Å²) in [5.41, 5.74) is 2.59. The second-order valence-corrected chi connectivity index (χ2v) is 6.31. The molecule has 0 radical (unpaired) electrons. The molecule has 0 fully saturated rings. The fraction of sp³-hybridized carbons (Fsp3) is 0.176. The Bertz CT molecular complexity index is 803. The van der Waals surface area contributed by atoms with Crippen molar-refractivity contribution in [1.82, 2.24) is 4.98 Å². The van der Waals surface area contributed by atoms with Crippen LogP contribution in [0.15, 0.2) is 42.5 Å². The number of nitrogens with zero attached hydrogens (tertiary/aromatic N) is 1. The van der Waals surface area contributed by atoms with Crippen molar-refractivity contribution in [3.63, 3.8) is 0 Å². The van der Waals surface area contributed by atoms with Gasteiger partial charge in [0, 0.05) is 5.56 Å². The quantitative estimate of drug-likeness (QED) is 0.731. The SMILES string of the molecule is CC(C)c1ccc(C(=O)c2nc3ccc(O)cc3s2)cc1. The Balaban J connectivity index is 1.95. The van der Waals surface area contributed by atoms with Crippen molar-refractivity contribution in [2.45, 2.75) is 19.8 Å². The van der Waals surface area contributed by atoms with E-state index in [0.29, 0.717) is 16.5 Å². The molecule has 21 heavy (non-hydrogen) atoms. The van der Waals surface area contributed by atoms with Crippen LogP contribution in [0.1, 0.15) is 40.7 Å². The average Bonchev–Trinajstić information content (AvgIpc) is 2.89. The molecule has 0 atom stereocenters. The lowest BCUT2D eigenvalue weighted by Gasteiger charge is -2.05. The molecule has 106 valence electrons. The van der Waals surface area contributed by atoms with E-state index in [-0.39, 0.29) is 11.5 Å². The molecular formula is C17H15NO2S. The van der Waals surface area contributed by atoms with Crippen molar-refractivity contribution >= 4 is 27.3 Å². The summed E-state index contributed by atoms with van der Waals surface area (Å²) in [7, 11) is 0. The largest absolute Gasteiger partial charge is 0.508 e. The highest BCUT2D eigenvalue weighted by Gasteiger charge is 2.15. The molecule has 4 heteroatoms. The molecular weight excluding hydrogens is 282 g/mol. The lowest BCUT2D eigenvalue weighted by atomic mass is 10.0.